The van der Waals surface area contributed by atoms with Gasteiger partial charge >= 0.3 is 0 Å². The van der Waals surface area contributed by atoms with E-state index in [4.69, 9.17) is 0 Å². The standard InChI is InChI=1S/C14H18N4/c1-11-7-17(9-15-11)13-4-3-5-14(6-13)18-8-12(2)16-10-18/h3-6,9-12H,7-8H2,1-2H3. The van der Waals surface area contributed by atoms with Gasteiger partial charge in [-0.25, -0.2) is 0 Å². The number of hydrogen-bond acceptors (Lipinski definition) is 4. The van der Waals surface area contributed by atoms with Crippen LogP contribution in [-0.4, -0.2) is 37.9 Å². The first-order valence-electron chi connectivity index (χ1n) is 6.42. The van der Waals surface area contributed by atoms with Crippen molar-refractivity contribution < 1.29 is 0 Å². The number of benzene rings is 1. The van der Waals surface area contributed by atoms with Gasteiger partial charge in [0.2, 0.25) is 0 Å². The molecule has 2 unspecified atom stereocenters. The van der Waals surface area contributed by atoms with Crippen LogP contribution in [0, 0.1) is 0 Å². The Hall–Kier alpha value is -1.84. The van der Waals surface area contributed by atoms with Crippen molar-refractivity contribution in [3.05, 3.63) is 24.3 Å². The van der Waals surface area contributed by atoms with Crippen molar-refractivity contribution in [2.45, 2.75) is 25.9 Å². The normalized spacial score (nSPS) is 26.3. The highest BCUT2D eigenvalue weighted by molar-refractivity contribution is 5.86. The molecule has 18 heavy (non-hydrogen) atoms. The van der Waals surface area contributed by atoms with Crippen LogP contribution < -0.4 is 9.80 Å². The molecule has 0 aliphatic carbocycles. The summed E-state index contributed by atoms with van der Waals surface area (Å²) in [7, 11) is 0. The van der Waals surface area contributed by atoms with Gasteiger partial charge in [-0.05, 0) is 32.0 Å². The molecular formula is C14H18N4. The maximum absolute atomic E-state index is 4.39. The summed E-state index contributed by atoms with van der Waals surface area (Å²) in [6.45, 7) is 6.20. The van der Waals surface area contributed by atoms with Crippen molar-refractivity contribution in [1.82, 2.24) is 0 Å². The Bertz CT molecular complexity index is 453. The average molecular weight is 242 g/mol. The zero-order valence-electron chi connectivity index (χ0n) is 10.8. The van der Waals surface area contributed by atoms with Crippen molar-refractivity contribution in [3.63, 3.8) is 0 Å². The first-order valence-corrected chi connectivity index (χ1v) is 6.42. The second-order valence-corrected chi connectivity index (χ2v) is 5.05. The average Bonchev–Trinajstić information content (AvgIpc) is 2.98. The molecule has 94 valence electrons. The molecule has 0 N–H and O–H groups in total. The highest BCUT2D eigenvalue weighted by atomic mass is 15.2. The van der Waals surface area contributed by atoms with E-state index >= 15 is 0 Å². The Morgan fingerprint density at radius 2 is 1.44 bits per heavy atom. The SMILES string of the molecule is CC1CN(c2cccc(N3C=NC(C)C3)c2)C=N1. The molecular weight excluding hydrogens is 224 g/mol. The van der Waals surface area contributed by atoms with Crippen molar-refractivity contribution in [3.8, 4) is 0 Å². The predicted molar refractivity (Wildman–Crippen MR) is 77.0 cm³/mol. The van der Waals surface area contributed by atoms with Gasteiger partial charge in [0.05, 0.1) is 24.8 Å². The van der Waals surface area contributed by atoms with Gasteiger partial charge in [-0.2, -0.15) is 0 Å². The van der Waals surface area contributed by atoms with Crippen LogP contribution in [0.2, 0.25) is 0 Å². The Kier molecular flexibility index (Phi) is 2.78. The zero-order valence-corrected chi connectivity index (χ0v) is 10.8. The molecule has 2 atom stereocenters. The van der Waals surface area contributed by atoms with Gasteiger partial charge in [0.1, 0.15) is 0 Å². The topological polar surface area (TPSA) is 31.2 Å². The third kappa shape index (κ3) is 2.10. The first kappa shape index (κ1) is 11.3. The number of rotatable bonds is 2. The Labute approximate surface area is 108 Å². The molecule has 2 aliphatic rings. The summed E-state index contributed by atoms with van der Waals surface area (Å²) in [5, 5.41) is 0. The number of nitrogens with zero attached hydrogens (tertiary/aromatic N) is 4. The third-order valence-corrected chi connectivity index (χ3v) is 3.34. The molecule has 1 aromatic carbocycles. The summed E-state index contributed by atoms with van der Waals surface area (Å²) in [5.41, 5.74) is 2.40. The van der Waals surface area contributed by atoms with Crippen molar-refractivity contribution in [2.75, 3.05) is 22.9 Å². The summed E-state index contributed by atoms with van der Waals surface area (Å²) in [6, 6.07) is 9.34. The number of aliphatic imine (C=N–C) groups is 2. The van der Waals surface area contributed by atoms with Crippen LogP contribution in [0.3, 0.4) is 0 Å². The van der Waals surface area contributed by atoms with Crippen LogP contribution in [0.15, 0.2) is 34.3 Å². The van der Waals surface area contributed by atoms with E-state index in [2.05, 4.69) is 57.9 Å². The van der Waals surface area contributed by atoms with Crippen LogP contribution in [-0.2, 0) is 0 Å². The fourth-order valence-electron chi connectivity index (χ4n) is 2.34. The van der Waals surface area contributed by atoms with E-state index in [1.165, 1.54) is 11.4 Å². The quantitative estimate of drug-likeness (QED) is 0.795. The van der Waals surface area contributed by atoms with E-state index in [9.17, 15) is 0 Å². The van der Waals surface area contributed by atoms with E-state index in [1.54, 1.807) is 0 Å². The van der Waals surface area contributed by atoms with Crippen LogP contribution in [0.5, 0.6) is 0 Å². The lowest BCUT2D eigenvalue weighted by atomic mass is 10.2. The van der Waals surface area contributed by atoms with Gasteiger partial charge in [-0.3, -0.25) is 9.98 Å². The summed E-state index contributed by atoms with van der Waals surface area (Å²) in [4.78, 5) is 13.2. The smallest absolute Gasteiger partial charge is 0.0899 e. The fraction of sp³-hybridized carbons (Fsp3) is 0.429. The molecule has 2 aliphatic heterocycles. The molecule has 2 heterocycles. The molecule has 0 amide bonds. The minimum absolute atomic E-state index is 0.391. The molecule has 0 radical (unpaired) electrons. The lowest BCUT2D eigenvalue weighted by Crippen LogP contribution is -2.23. The summed E-state index contributed by atoms with van der Waals surface area (Å²) < 4.78 is 0. The van der Waals surface area contributed by atoms with Gasteiger partial charge in [-0.1, -0.05) is 6.07 Å². The van der Waals surface area contributed by atoms with Crippen LogP contribution >= 0.6 is 0 Å². The molecule has 0 aromatic heterocycles. The second-order valence-electron chi connectivity index (χ2n) is 5.05. The molecule has 0 saturated carbocycles. The molecule has 3 rings (SSSR count). The largest absolute Gasteiger partial charge is 0.331 e. The van der Waals surface area contributed by atoms with Crippen LogP contribution in [0.1, 0.15) is 13.8 Å². The molecule has 0 saturated heterocycles. The minimum Gasteiger partial charge on any atom is -0.331 e. The van der Waals surface area contributed by atoms with E-state index in [-0.39, 0.29) is 0 Å². The number of anilines is 2. The second kappa shape index (κ2) is 4.44. The van der Waals surface area contributed by atoms with E-state index in [1.807, 2.05) is 12.7 Å². The van der Waals surface area contributed by atoms with Crippen LogP contribution in [0.25, 0.3) is 0 Å². The van der Waals surface area contributed by atoms with Gasteiger partial charge in [0, 0.05) is 24.5 Å². The highest BCUT2D eigenvalue weighted by Crippen LogP contribution is 2.24. The van der Waals surface area contributed by atoms with E-state index < -0.39 is 0 Å². The van der Waals surface area contributed by atoms with E-state index in [0.29, 0.717) is 12.1 Å². The fourth-order valence-corrected chi connectivity index (χ4v) is 2.34. The van der Waals surface area contributed by atoms with Crippen molar-refractivity contribution in [1.29, 1.82) is 0 Å². The monoisotopic (exact) mass is 242 g/mol. The van der Waals surface area contributed by atoms with Gasteiger partial charge in [-0.15, -0.1) is 0 Å². The van der Waals surface area contributed by atoms with Gasteiger partial charge in [0.15, 0.2) is 0 Å². The molecule has 4 nitrogen and oxygen atoms in total. The lowest BCUT2D eigenvalue weighted by Gasteiger charge is -2.20. The summed E-state index contributed by atoms with van der Waals surface area (Å²) in [5.74, 6) is 0. The van der Waals surface area contributed by atoms with Crippen LogP contribution in [0.4, 0.5) is 11.4 Å². The van der Waals surface area contributed by atoms with E-state index in [0.717, 1.165) is 13.1 Å². The maximum Gasteiger partial charge on any atom is 0.0899 e. The Balaban J connectivity index is 1.81. The predicted octanol–water partition coefficient (Wildman–Crippen LogP) is 2.16. The first-order chi connectivity index (χ1) is 8.72. The Morgan fingerprint density at radius 3 is 1.83 bits per heavy atom. The molecule has 4 heteroatoms. The Morgan fingerprint density at radius 1 is 0.944 bits per heavy atom. The summed E-state index contributed by atoms with van der Waals surface area (Å²) >= 11 is 0. The summed E-state index contributed by atoms with van der Waals surface area (Å²) in [6.07, 6.45) is 3.87. The minimum atomic E-state index is 0.391. The molecule has 0 bridgehead atoms. The molecule has 0 fully saturated rings. The maximum atomic E-state index is 4.39. The highest BCUT2D eigenvalue weighted by Gasteiger charge is 2.17. The van der Waals surface area contributed by atoms with Crippen molar-refractivity contribution >= 4 is 24.1 Å². The number of hydrogen-bond donors (Lipinski definition) is 0. The third-order valence-electron chi connectivity index (χ3n) is 3.34. The lowest BCUT2D eigenvalue weighted by molar-refractivity contribution is 0.792. The molecule has 1 aromatic rings. The molecule has 0 spiro atoms. The zero-order chi connectivity index (χ0) is 12.5. The van der Waals surface area contributed by atoms with Gasteiger partial charge in [0.25, 0.3) is 0 Å². The van der Waals surface area contributed by atoms with Gasteiger partial charge < -0.3 is 9.80 Å². The van der Waals surface area contributed by atoms with Crippen molar-refractivity contribution in [2.24, 2.45) is 9.98 Å².